The molecule has 0 aliphatic rings. The highest BCUT2D eigenvalue weighted by Gasteiger charge is 2.11. The minimum Gasteiger partial charge on any atom is -0.397 e. The zero-order valence-electron chi connectivity index (χ0n) is 8.95. The lowest BCUT2D eigenvalue weighted by Crippen LogP contribution is -2.05. The van der Waals surface area contributed by atoms with Gasteiger partial charge in [0.15, 0.2) is 16.2 Å². The summed E-state index contributed by atoms with van der Waals surface area (Å²) in [6.07, 6.45) is 1.44. The highest BCUT2D eigenvalue weighted by atomic mass is 32.2. The van der Waals surface area contributed by atoms with Crippen molar-refractivity contribution in [1.29, 1.82) is 0 Å². The van der Waals surface area contributed by atoms with Gasteiger partial charge in [-0.05, 0) is 34.2 Å². The largest absolute Gasteiger partial charge is 0.397 e. The van der Waals surface area contributed by atoms with E-state index in [0.717, 1.165) is 4.90 Å². The van der Waals surface area contributed by atoms with Crippen molar-refractivity contribution in [3.05, 3.63) is 34.7 Å². The summed E-state index contributed by atoms with van der Waals surface area (Å²) < 4.78 is 4.66. The SMILES string of the molecule is Nc1ccc(Sc2nccc(=O)[nH]2)c2nonc12. The summed E-state index contributed by atoms with van der Waals surface area (Å²) in [6, 6.07) is 4.83. The maximum Gasteiger partial charge on any atom is 0.251 e. The second kappa shape index (κ2) is 4.15. The number of rotatable bonds is 2. The summed E-state index contributed by atoms with van der Waals surface area (Å²) >= 11 is 1.26. The van der Waals surface area contributed by atoms with Crippen LogP contribution in [0.4, 0.5) is 5.69 Å². The van der Waals surface area contributed by atoms with Gasteiger partial charge in [0.25, 0.3) is 5.56 Å². The fourth-order valence-electron chi connectivity index (χ4n) is 1.45. The molecule has 3 aromatic rings. The number of anilines is 1. The Hall–Kier alpha value is -2.35. The van der Waals surface area contributed by atoms with Crippen LogP contribution in [0.5, 0.6) is 0 Å². The smallest absolute Gasteiger partial charge is 0.251 e. The predicted octanol–water partition coefficient (Wildman–Crippen LogP) is 1.04. The molecule has 2 aromatic heterocycles. The Morgan fingerprint density at radius 2 is 2.06 bits per heavy atom. The van der Waals surface area contributed by atoms with Crippen molar-refractivity contribution in [2.75, 3.05) is 5.73 Å². The van der Waals surface area contributed by atoms with Gasteiger partial charge in [-0.25, -0.2) is 9.61 Å². The van der Waals surface area contributed by atoms with Crippen LogP contribution in [0.3, 0.4) is 0 Å². The van der Waals surface area contributed by atoms with E-state index in [1.807, 2.05) is 0 Å². The molecule has 18 heavy (non-hydrogen) atoms. The van der Waals surface area contributed by atoms with Gasteiger partial charge < -0.3 is 10.7 Å². The zero-order chi connectivity index (χ0) is 12.5. The van der Waals surface area contributed by atoms with Crippen LogP contribution < -0.4 is 11.3 Å². The number of benzene rings is 1. The topological polar surface area (TPSA) is 111 Å². The number of nitrogens with zero attached hydrogens (tertiary/aromatic N) is 3. The van der Waals surface area contributed by atoms with Crippen LogP contribution in [0.2, 0.25) is 0 Å². The monoisotopic (exact) mass is 261 g/mol. The first-order valence-electron chi connectivity index (χ1n) is 4.98. The van der Waals surface area contributed by atoms with Crippen molar-refractivity contribution in [2.24, 2.45) is 0 Å². The third kappa shape index (κ3) is 1.82. The third-order valence-corrected chi connectivity index (χ3v) is 3.21. The van der Waals surface area contributed by atoms with Gasteiger partial charge in [0.05, 0.1) is 5.69 Å². The molecule has 0 atom stereocenters. The van der Waals surface area contributed by atoms with E-state index in [9.17, 15) is 4.79 Å². The Kier molecular flexibility index (Phi) is 2.49. The second-order valence-electron chi connectivity index (χ2n) is 3.46. The van der Waals surface area contributed by atoms with Gasteiger partial charge in [0.1, 0.15) is 0 Å². The molecular weight excluding hydrogens is 254 g/mol. The van der Waals surface area contributed by atoms with Crippen LogP contribution >= 0.6 is 11.8 Å². The molecule has 0 bridgehead atoms. The molecule has 0 radical (unpaired) electrons. The summed E-state index contributed by atoms with van der Waals surface area (Å²) in [4.78, 5) is 18.6. The number of nitrogens with one attached hydrogen (secondary N) is 1. The van der Waals surface area contributed by atoms with E-state index in [1.165, 1.54) is 24.0 Å². The number of hydrogen-bond donors (Lipinski definition) is 2. The molecule has 8 heteroatoms. The van der Waals surface area contributed by atoms with Crippen molar-refractivity contribution in [1.82, 2.24) is 20.3 Å². The van der Waals surface area contributed by atoms with Crippen molar-refractivity contribution in [3.63, 3.8) is 0 Å². The van der Waals surface area contributed by atoms with E-state index < -0.39 is 0 Å². The first-order chi connectivity index (χ1) is 8.74. The molecule has 0 saturated heterocycles. The van der Waals surface area contributed by atoms with E-state index in [2.05, 4.69) is 24.9 Å². The Morgan fingerprint density at radius 1 is 1.22 bits per heavy atom. The maximum absolute atomic E-state index is 11.2. The zero-order valence-corrected chi connectivity index (χ0v) is 9.77. The lowest BCUT2D eigenvalue weighted by molar-refractivity contribution is 0.315. The minimum absolute atomic E-state index is 0.211. The molecular formula is C10H7N5O2S. The fraction of sp³-hybridized carbons (Fsp3) is 0. The average Bonchev–Trinajstić information content (AvgIpc) is 2.83. The Balaban J connectivity index is 2.08. The van der Waals surface area contributed by atoms with E-state index in [0.29, 0.717) is 21.9 Å². The average molecular weight is 261 g/mol. The molecule has 0 saturated carbocycles. The normalized spacial score (nSPS) is 10.9. The molecule has 7 nitrogen and oxygen atoms in total. The number of nitrogen functional groups attached to an aromatic ring is 1. The number of aromatic amines is 1. The maximum atomic E-state index is 11.2. The number of nitrogens with two attached hydrogens (primary N) is 1. The van der Waals surface area contributed by atoms with Crippen LogP contribution in [0, 0.1) is 0 Å². The molecule has 90 valence electrons. The van der Waals surface area contributed by atoms with Crippen molar-refractivity contribution in [3.8, 4) is 0 Å². The third-order valence-electron chi connectivity index (χ3n) is 2.26. The quantitative estimate of drug-likeness (QED) is 0.523. The summed E-state index contributed by atoms with van der Waals surface area (Å²) in [7, 11) is 0. The number of aromatic nitrogens is 4. The van der Waals surface area contributed by atoms with Crippen molar-refractivity contribution in [2.45, 2.75) is 10.1 Å². The van der Waals surface area contributed by atoms with Gasteiger partial charge in [-0.15, -0.1) is 0 Å². The van der Waals surface area contributed by atoms with Crippen LogP contribution in [-0.4, -0.2) is 20.3 Å². The Morgan fingerprint density at radius 3 is 2.89 bits per heavy atom. The first-order valence-corrected chi connectivity index (χ1v) is 5.79. The van der Waals surface area contributed by atoms with Gasteiger partial charge >= 0.3 is 0 Å². The molecule has 0 unspecified atom stereocenters. The lowest BCUT2D eigenvalue weighted by atomic mass is 10.3. The van der Waals surface area contributed by atoms with E-state index in [4.69, 9.17) is 5.73 Å². The molecule has 0 spiro atoms. The Bertz CT molecular complexity index is 766. The summed E-state index contributed by atoms with van der Waals surface area (Å²) in [5.74, 6) is 0. The van der Waals surface area contributed by atoms with Crippen molar-refractivity contribution >= 4 is 28.5 Å². The highest BCUT2D eigenvalue weighted by molar-refractivity contribution is 7.99. The molecule has 3 N–H and O–H groups in total. The molecule has 0 aliphatic heterocycles. The number of fused-ring (bicyclic) bond motifs is 1. The standard InChI is InChI=1S/C10H7N5O2S/c11-5-1-2-6(9-8(5)14-17-15-9)18-10-12-4-3-7(16)13-10/h1-4H,11H2,(H,12,13,16). The van der Waals surface area contributed by atoms with Gasteiger partial charge in [-0.3, -0.25) is 4.79 Å². The van der Waals surface area contributed by atoms with E-state index >= 15 is 0 Å². The molecule has 0 aliphatic carbocycles. The first kappa shape index (κ1) is 10.8. The Labute approximate surface area is 104 Å². The van der Waals surface area contributed by atoms with Crippen LogP contribution in [-0.2, 0) is 0 Å². The summed E-state index contributed by atoms with van der Waals surface area (Å²) in [5, 5.41) is 7.98. The van der Waals surface area contributed by atoms with E-state index in [-0.39, 0.29) is 5.56 Å². The van der Waals surface area contributed by atoms with Gasteiger partial charge in [-0.2, -0.15) is 0 Å². The summed E-state index contributed by atoms with van der Waals surface area (Å²) in [5.41, 5.74) is 7.07. The molecule has 2 heterocycles. The van der Waals surface area contributed by atoms with Gasteiger partial charge in [-0.1, -0.05) is 0 Å². The molecule has 1 aromatic carbocycles. The van der Waals surface area contributed by atoms with Crippen LogP contribution in [0.25, 0.3) is 11.0 Å². The van der Waals surface area contributed by atoms with Gasteiger partial charge in [0.2, 0.25) is 0 Å². The predicted molar refractivity (Wildman–Crippen MR) is 65.2 cm³/mol. The number of hydrogen-bond acceptors (Lipinski definition) is 7. The molecule has 3 rings (SSSR count). The molecule has 0 amide bonds. The lowest BCUT2D eigenvalue weighted by Gasteiger charge is -2.01. The summed E-state index contributed by atoms with van der Waals surface area (Å²) in [6.45, 7) is 0. The molecule has 0 fully saturated rings. The van der Waals surface area contributed by atoms with E-state index in [1.54, 1.807) is 12.1 Å². The second-order valence-corrected chi connectivity index (χ2v) is 4.49. The van der Waals surface area contributed by atoms with Crippen LogP contribution in [0.1, 0.15) is 0 Å². The van der Waals surface area contributed by atoms with Crippen LogP contribution in [0.15, 0.2) is 43.9 Å². The fourth-order valence-corrected chi connectivity index (χ4v) is 2.29. The minimum atomic E-state index is -0.211. The van der Waals surface area contributed by atoms with Crippen molar-refractivity contribution < 1.29 is 4.63 Å². The van der Waals surface area contributed by atoms with Gasteiger partial charge in [0, 0.05) is 17.2 Å². The highest BCUT2D eigenvalue weighted by Crippen LogP contribution is 2.31. The number of H-pyrrole nitrogens is 1.